The number of aromatic nitrogens is 2. The lowest BCUT2D eigenvalue weighted by Gasteiger charge is -2.08. The van der Waals surface area contributed by atoms with E-state index < -0.39 is 12.5 Å². The molecule has 0 atom stereocenters. The zero-order chi connectivity index (χ0) is 14.5. The number of hydrogen-bond acceptors (Lipinski definition) is 4. The number of anilines is 1. The van der Waals surface area contributed by atoms with Gasteiger partial charge >= 0.3 is 6.61 Å². The van der Waals surface area contributed by atoms with E-state index in [0.717, 1.165) is 0 Å². The summed E-state index contributed by atoms with van der Waals surface area (Å²) in [6.07, 6.45) is 2.80. The Morgan fingerprint density at radius 2 is 2.10 bits per heavy atom. The third-order valence-corrected chi connectivity index (χ3v) is 2.33. The van der Waals surface area contributed by atoms with Gasteiger partial charge < -0.3 is 10.1 Å². The minimum atomic E-state index is -2.91. The van der Waals surface area contributed by atoms with Gasteiger partial charge in [-0.3, -0.25) is 9.78 Å². The molecule has 7 heteroatoms. The summed E-state index contributed by atoms with van der Waals surface area (Å²) in [5.74, 6) is -0.514. The number of alkyl halides is 2. The van der Waals surface area contributed by atoms with Crippen LogP contribution < -0.4 is 10.1 Å². The highest BCUT2D eigenvalue weighted by molar-refractivity contribution is 6.02. The maximum absolute atomic E-state index is 12.1. The maximum atomic E-state index is 12.1. The SMILES string of the molecule is Cc1cnc(C(=O)Nc2cccc(OC(F)F)c2)cn1. The van der Waals surface area contributed by atoms with Crippen molar-refractivity contribution < 1.29 is 18.3 Å². The van der Waals surface area contributed by atoms with Gasteiger partial charge in [-0.2, -0.15) is 8.78 Å². The Morgan fingerprint density at radius 3 is 2.75 bits per heavy atom. The van der Waals surface area contributed by atoms with Crippen molar-refractivity contribution in [1.29, 1.82) is 0 Å². The van der Waals surface area contributed by atoms with Crippen LogP contribution in [-0.2, 0) is 0 Å². The van der Waals surface area contributed by atoms with Gasteiger partial charge in [-0.1, -0.05) is 6.07 Å². The van der Waals surface area contributed by atoms with E-state index in [-0.39, 0.29) is 11.4 Å². The van der Waals surface area contributed by atoms with Gasteiger partial charge in [-0.25, -0.2) is 4.98 Å². The number of ether oxygens (including phenoxy) is 1. The molecule has 0 saturated heterocycles. The largest absolute Gasteiger partial charge is 0.435 e. The highest BCUT2D eigenvalue weighted by Gasteiger charge is 2.09. The molecule has 0 fully saturated rings. The number of benzene rings is 1. The average molecular weight is 279 g/mol. The highest BCUT2D eigenvalue weighted by Crippen LogP contribution is 2.19. The number of aryl methyl sites for hydroxylation is 1. The number of rotatable bonds is 4. The Bertz CT molecular complexity index is 603. The van der Waals surface area contributed by atoms with Gasteiger partial charge in [0.15, 0.2) is 0 Å². The van der Waals surface area contributed by atoms with Crippen LogP contribution in [0.15, 0.2) is 36.7 Å². The third kappa shape index (κ3) is 3.71. The highest BCUT2D eigenvalue weighted by atomic mass is 19.3. The van der Waals surface area contributed by atoms with Gasteiger partial charge in [0.25, 0.3) is 5.91 Å². The molecule has 0 saturated carbocycles. The topological polar surface area (TPSA) is 64.1 Å². The number of carbonyl (C=O) groups excluding carboxylic acids is 1. The number of nitrogens with one attached hydrogen (secondary N) is 1. The van der Waals surface area contributed by atoms with Crippen molar-refractivity contribution in [2.75, 3.05) is 5.32 Å². The molecule has 0 aliphatic carbocycles. The van der Waals surface area contributed by atoms with Crippen LogP contribution in [0.4, 0.5) is 14.5 Å². The van der Waals surface area contributed by atoms with E-state index in [1.165, 1.54) is 30.6 Å². The first kappa shape index (κ1) is 13.9. The van der Waals surface area contributed by atoms with Crippen molar-refractivity contribution in [3.63, 3.8) is 0 Å². The smallest absolute Gasteiger partial charge is 0.387 e. The molecule has 1 N–H and O–H groups in total. The number of halogens is 2. The van der Waals surface area contributed by atoms with E-state index in [0.29, 0.717) is 11.4 Å². The molecule has 0 spiro atoms. The van der Waals surface area contributed by atoms with Crippen molar-refractivity contribution >= 4 is 11.6 Å². The molecule has 20 heavy (non-hydrogen) atoms. The van der Waals surface area contributed by atoms with E-state index in [1.807, 2.05) is 0 Å². The second-order valence-electron chi connectivity index (χ2n) is 3.90. The molecular formula is C13H11F2N3O2. The van der Waals surface area contributed by atoms with Crippen LogP contribution in [-0.4, -0.2) is 22.5 Å². The normalized spacial score (nSPS) is 10.4. The predicted molar refractivity (Wildman–Crippen MR) is 67.8 cm³/mol. The van der Waals surface area contributed by atoms with E-state index >= 15 is 0 Å². The fourth-order valence-corrected chi connectivity index (χ4v) is 1.46. The Kier molecular flexibility index (Phi) is 4.19. The van der Waals surface area contributed by atoms with E-state index in [4.69, 9.17) is 0 Å². The lowest BCUT2D eigenvalue weighted by atomic mass is 10.3. The second-order valence-corrected chi connectivity index (χ2v) is 3.90. The molecule has 0 aliphatic rings. The summed E-state index contributed by atoms with van der Waals surface area (Å²) in [5, 5.41) is 2.52. The molecule has 1 amide bonds. The quantitative estimate of drug-likeness (QED) is 0.934. The summed E-state index contributed by atoms with van der Waals surface area (Å²) in [5.41, 5.74) is 1.15. The Morgan fingerprint density at radius 1 is 1.30 bits per heavy atom. The van der Waals surface area contributed by atoms with Crippen LogP contribution in [0.25, 0.3) is 0 Å². The summed E-state index contributed by atoms with van der Waals surface area (Å²) < 4.78 is 28.4. The zero-order valence-corrected chi connectivity index (χ0v) is 10.5. The number of amides is 1. The number of carbonyl (C=O) groups is 1. The summed E-state index contributed by atoms with van der Waals surface area (Å²) in [6, 6.07) is 5.71. The van der Waals surface area contributed by atoms with E-state index in [9.17, 15) is 13.6 Å². The van der Waals surface area contributed by atoms with Crippen molar-refractivity contribution in [3.05, 3.63) is 48.0 Å². The van der Waals surface area contributed by atoms with Crippen LogP contribution in [0.5, 0.6) is 5.75 Å². The molecule has 1 heterocycles. The minimum absolute atomic E-state index is 0.0345. The second kappa shape index (κ2) is 6.05. The first-order chi connectivity index (χ1) is 9.54. The van der Waals surface area contributed by atoms with E-state index in [1.54, 1.807) is 13.0 Å². The van der Waals surface area contributed by atoms with Gasteiger partial charge in [0.1, 0.15) is 11.4 Å². The zero-order valence-electron chi connectivity index (χ0n) is 10.5. The number of hydrogen-bond donors (Lipinski definition) is 1. The Labute approximate surface area is 113 Å². The molecule has 0 unspecified atom stereocenters. The van der Waals surface area contributed by atoms with Gasteiger partial charge in [-0.15, -0.1) is 0 Å². The lowest BCUT2D eigenvalue weighted by Crippen LogP contribution is -2.14. The lowest BCUT2D eigenvalue weighted by molar-refractivity contribution is -0.0497. The van der Waals surface area contributed by atoms with Crippen LogP contribution >= 0.6 is 0 Å². The van der Waals surface area contributed by atoms with Crippen molar-refractivity contribution in [1.82, 2.24) is 9.97 Å². The summed E-state index contributed by atoms with van der Waals surface area (Å²) in [6.45, 7) is -1.16. The van der Waals surface area contributed by atoms with Gasteiger partial charge in [0.2, 0.25) is 0 Å². The Balaban J connectivity index is 2.09. The molecule has 0 aliphatic heterocycles. The molecule has 0 radical (unpaired) electrons. The molecular weight excluding hydrogens is 268 g/mol. The summed E-state index contributed by atoms with van der Waals surface area (Å²) in [4.78, 5) is 19.7. The molecule has 1 aromatic carbocycles. The molecule has 0 bridgehead atoms. The molecule has 1 aromatic heterocycles. The monoisotopic (exact) mass is 279 g/mol. The van der Waals surface area contributed by atoms with Crippen molar-refractivity contribution in [3.8, 4) is 5.75 Å². The number of nitrogens with zero attached hydrogens (tertiary/aromatic N) is 2. The van der Waals surface area contributed by atoms with Crippen molar-refractivity contribution in [2.24, 2.45) is 0 Å². The maximum Gasteiger partial charge on any atom is 0.387 e. The van der Waals surface area contributed by atoms with Gasteiger partial charge in [0, 0.05) is 18.0 Å². The first-order valence-corrected chi connectivity index (χ1v) is 5.69. The van der Waals surface area contributed by atoms with Crippen molar-refractivity contribution in [2.45, 2.75) is 13.5 Å². The van der Waals surface area contributed by atoms with Crippen LogP contribution in [0.3, 0.4) is 0 Å². The Hall–Kier alpha value is -2.57. The third-order valence-electron chi connectivity index (χ3n) is 2.33. The summed E-state index contributed by atoms with van der Waals surface area (Å²) >= 11 is 0. The van der Waals surface area contributed by atoms with Gasteiger partial charge in [0.05, 0.1) is 11.9 Å². The first-order valence-electron chi connectivity index (χ1n) is 5.69. The summed E-state index contributed by atoms with van der Waals surface area (Å²) in [7, 11) is 0. The molecule has 2 rings (SSSR count). The van der Waals surface area contributed by atoms with Crippen LogP contribution in [0, 0.1) is 6.92 Å². The fourth-order valence-electron chi connectivity index (χ4n) is 1.46. The van der Waals surface area contributed by atoms with E-state index in [2.05, 4.69) is 20.0 Å². The minimum Gasteiger partial charge on any atom is -0.435 e. The molecule has 5 nitrogen and oxygen atoms in total. The van der Waals surface area contributed by atoms with Crippen LogP contribution in [0.2, 0.25) is 0 Å². The molecule has 104 valence electrons. The predicted octanol–water partition coefficient (Wildman–Crippen LogP) is 2.64. The fraction of sp³-hybridized carbons (Fsp3) is 0.154. The average Bonchev–Trinajstić information content (AvgIpc) is 2.39. The van der Waals surface area contributed by atoms with Gasteiger partial charge in [-0.05, 0) is 19.1 Å². The van der Waals surface area contributed by atoms with Crippen LogP contribution in [0.1, 0.15) is 16.2 Å². The standard InChI is InChI=1S/C13H11F2N3O2/c1-8-6-17-11(7-16-8)12(19)18-9-3-2-4-10(5-9)20-13(14)15/h2-7,13H,1H3,(H,18,19). The molecule has 2 aromatic rings.